The number of halogens is 2. The Bertz CT molecular complexity index is 806. The van der Waals surface area contributed by atoms with Gasteiger partial charge in [-0.25, -0.2) is 13.6 Å². The number of hydrogen-bond acceptors (Lipinski definition) is 3. The van der Waals surface area contributed by atoms with E-state index in [4.69, 9.17) is 9.47 Å². The van der Waals surface area contributed by atoms with Crippen molar-refractivity contribution in [2.45, 2.75) is 19.5 Å². The molecule has 5 nitrogen and oxygen atoms in total. The van der Waals surface area contributed by atoms with E-state index in [0.717, 1.165) is 17.2 Å². The third kappa shape index (κ3) is 3.87. The minimum atomic E-state index is -0.665. The van der Waals surface area contributed by atoms with Crippen LogP contribution in [-0.2, 0) is 19.5 Å². The highest BCUT2D eigenvalue weighted by Gasteiger charge is 2.22. The van der Waals surface area contributed by atoms with E-state index in [1.54, 1.807) is 19.1 Å². The van der Waals surface area contributed by atoms with Gasteiger partial charge in [-0.2, -0.15) is 0 Å². The quantitative estimate of drug-likeness (QED) is 0.908. The molecule has 3 rings (SSSR count). The van der Waals surface area contributed by atoms with Crippen LogP contribution in [0.1, 0.15) is 16.7 Å². The Kier molecular flexibility index (Phi) is 5.25. The molecule has 1 aliphatic heterocycles. The topological polar surface area (TPSA) is 50.8 Å². The Hall–Kier alpha value is -2.83. The van der Waals surface area contributed by atoms with Crippen molar-refractivity contribution in [1.29, 1.82) is 0 Å². The van der Waals surface area contributed by atoms with Crippen LogP contribution in [0.5, 0.6) is 11.5 Å². The Balaban J connectivity index is 1.67. The zero-order valence-corrected chi connectivity index (χ0v) is 14.6. The second-order valence-corrected chi connectivity index (χ2v) is 6.08. The zero-order valence-electron chi connectivity index (χ0n) is 14.6. The predicted octanol–water partition coefficient (Wildman–Crippen LogP) is 3.25. The Labute approximate surface area is 150 Å². The summed E-state index contributed by atoms with van der Waals surface area (Å²) in [6, 6.07) is 6.72. The van der Waals surface area contributed by atoms with Gasteiger partial charge in [0.2, 0.25) is 0 Å². The fourth-order valence-corrected chi connectivity index (χ4v) is 3.06. The number of rotatable bonds is 4. The van der Waals surface area contributed by atoms with Crippen LogP contribution in [0.25, 0.3) is 0 Å². The molecule has 0 saturated carbocycles. The first-order valence-electron chi connectivity index (χ1n) is 8.21. The van der Waals surface area contributed by atoms with Gasteiger partial charge in [0.15, 0.2) is 11.5 Å². The number of benzene rings is 2. The van der Waals surface area contributed by atoms with Crippen LogP contribution >= 0.6 is 0 Å². The van der Waals surface area contributed by atoms with Crippen molar-refractivity contribution in [3.8, 4) is 11.5 Å². The molecule has 1 heterocycles. The molecule has 0 bridgehead atoms. The number of nitrogens with zero attached hydrogens (tertiary/aromatic N) is 1. The third-order valence-electron chi connectivity index (χ3n) is 4.37. The minimum absolute atomic E-state index is 0.0583. The van der Waals surface area contributed by atoms with Crippen LogP contribution in [0.4, 0.5) is 13.6 Å². The summed E-state index contributed by atoms with van der Waals surface area (Å²) in [6.07, 6.45) is 0.692. The first-order chi connectivity index (χ1) is 12.5. The van der Waals surface area contributed by atoms with Gasteiger partial charge in [0.25, 0.3) is 0 Å². The lowest BCUT2D eigenvalue weighted by Gasteiger charge is -2.29. The molecule has 0 aliphatic carbocycles. The van der Waals surface area contributed by atoms with Crippen molar-refractivity contribution in [3.05, 3.63) is 58.7 Å². The zero-order chi connectivity index (χ0) is 18.7. The summed E-state index contributed by atoms with van der Waals surface area (Å²) in [5.74, 6) is -0.0505. The summed E-state index contributed by atoms with van der Waals surface area (Å²) in [5.41, 5.74) is 2.47. The molecular weight excluding hydrogens is 342 g/mol. The number of carbonyl (C=O) groups excluding carboxylic acids is 1. The van der Waals surface area contributed by atoms with Crippen molar-refractivity contribution >= 4 is 6.03 Å². The van der Waals surface area contributed by atoms with Crippen LogP contribution < -0.4 is 14.8 Å². The van der Waals surface area contributed by atoms with Crippen LogP contribution in [0.15, 0.2) is 30.3 Å². The van der Waals surface area contributed by atoms with E-state index in [1.165, 1.54) is 12.1 Å². The van der Waals surface area contributed by atoms with E-state index in [2.05, 4.69) is 5.32 Å². The maximum atomic E-state index is 13.2. The second kappa shape index (κ2) is 7.59. The summed E-state index contributed by atoms with van der Waals surface area (Å²) in [7, 11) is 3.15. The molecule has 0 spiro atoms. The van der Waals surface area contributed by atoms with Crippen molar-refractivity contribution in [3.63, 3.8) is 0 Å². The smallest absolute Gasteiger partial charge is 0.317 e. The SMILES string of the molecule is COc1cc2c(cc1OC)CN(C(=O)NCc1cc(F)cc(F)c1)CC2. The number of ether oxygens (including phenoxy) is 2. The summed E-state index contributed by atoms with van der Waals surface area (Å²) in [6.45, 7) is 1.04. The first-order valence-corrected chi connectivity index (χ1v) is 8.21. The van der Waals surface area contributed by atoms with E-state index in [0.29, 0.717) is 36.6 Å². The van der Waals surface area contributed by atoms with Gasteiger partial charge in [0.05, 0.1) is 14.2 Å². The lowest BCUT2D eigenvalue weighted by atomic mass is 9.99. The van der Waals surface area contributed by atoms with Crippen LogP contribution in [-0.4, -0.2) is 31.7 Å². The molecule has 0 aromatic heterocycles. The molecule has 0 radical (unpaired) electrons. The van der Waals surface area contributed by atoms with Gasteiger partial charge in [-0.15, -0.1) is 0 Å². The van der Waals surface area contributed by atoms with E-state index < -0.39 is 11.6 Å². The van der Waals surface area contributed by atoms with Gasteiger partial charge in [0.1, 0.15) is 11.6 Å². The molecule has 0 fully saturated rings. The number of hydrogen-bond donors (Lipinski definition) is 1. The fourth-order valence-electron chi connectivity index (χ4n) is 3.06. The maximum absolute atomic E-state index is 13.2. The van der Waals surface area contributed by atoms with Crippen LogP contribution in [0.3, 0.4) is 0 Å². The Morgan fingerprint density at radius 1 is 1.04 bits per heavy atom. The predicted molar refractivity (Wildman–Crippen MR) is 92.3 cm³/mol. The molecule has 26 heavy (non-hydrogen) atoms. The molecule has 0 saturated heterocycles. The lowest BCUT2D eigenvalue weighted by molar-refractivity contribution is 0.191. The van der Waals surface area contributed by atoms with E-state index in [1.807, 2.05) is 12.1 Å². The second-order valence-electron chi connectivity index (χ2n) is 6.08. The van der Waals surface area contributed by atoms with Gasteiger partial charge in [-0.05, 0) is 47.4 Å². The molecule has 1 N–H and O–H groups in total. The molecule has 1 aliphatic rings. The van der Waals surface area contributed by atoms with Gasteiger partial charge >= 0.3 is 6.03 Å². The molecule has 7 heteroatoms. The average molecular weight is 362 g/mol. The monoisotopic (exact) mass is 362 g/mol. The van der Waals surface area contributed by atoms with E-state index in [9.17, 15) is 13.6 Å². The fraction of sp³-hybridized carbons (Fsp3) is 0.316. The maximum Gasteiger partial charge on any atom is 0.317 e. The Morgan fingerprint density at radius 2 is 1.65 bits per heavy atom. The molecule has 0 atom stereocenters. The number of nitrogens with one attached hydrogen (secondary N) is 1. The number of methoxy groups -OCH3 is 2. The summed E-state index contributed by atoms with van der Waals surface area (Å²) in [5, 5.41) is 2.70. The highest BCUT2D eigenvalue weighted by atomic mass is 19.1. The number of carbonyl (C=O) groups is 1. The number of fused-ring (bicyclic) bond motifs is 1. The molecule has 2 aromatic rings. The normalized spacial score (nSPS) is 13.2. The lowest BCUT2D eigenvalue weighted by Crippen LogP contribution is -2.42. The average Bonchev–Trinajstić information content (AvgIpc) is 2.63. The van der Waals surface area contributed by atoms with Gasteiger partial charge < -0.3 is 19.7 Å². The highest BCUT2D eigenvalue weighted by molar-refractivity contribution is 5.74. The van der Waals surface area contributed by atoms with Gasteiger partial charge in [-0.1, -0.05) is 0 Å². The van der Waals surface area contributed by atoms with Gasteiger partial charge in [-0.3, -0.25) is 0 Å². The van der Waals surface area contributed by atoms with Crippen LogP contribution in [0.2, 0.25) is 0 Å². The van der Waals surface area contributed by atoms with Crippen LogP contribution in [0, 0.1) is 11.6 Å². The molecule has 0 unspecified atom stereocenters. The number of amides is 2. The molecular formula is C19H20F2N2O3. The summed E-state index contributed by atoms with van der Waals surface area (Å²) < 4.78 is 37.1. The highest BCUT2D eigenvalue weighted by Crippen LogP contribution is 2.33. The van der Waals surface area contributed by atoms with Crippen molar-refractivity contribution in [2.75, 3.05) is 20.8 Å². The standard InChI is InChI=1S/C19H20F2N2O3/c1-25-17-7-13-3-4-23(11-14(13)8-18(17)26-2)19(24)22-10-12-5-15(20)9-16(21)6-12/h5-9H,3-4,10-11H2,1-2H3,(H,22,24). The largest absolute Gasteiger partial charge is 0.493 e. The first kappa shape index (κ1) is 18.0. The minimum Gasteiger partial charge on any atom is -0.493 e. The number of urea groups is 1. The van der Waals surface area contributed by atoms with Gasteiger partial charge in [0, 0.05) is 25.7 Å². The third-order valence-corrected chi connectivity index (χ3v) is 4.37. The molecule has 138 valence electrons. The summed E-state index contributed by atoms with van der Waals surface area (Å²) >= 11 is 0. The van der Waals surface area contributed by atoms with Crippen molar-refractivity contribution in [2.24, 2.45) is 0 Å². The molecule has 2 amide bonds. The Morgan fingerprint density at radius 3 is 2.27 bits per heavy atom. The van der Waals surface area contributed by atoms with Crippen molar-refractivity contribution < 1.29 is 23.0 Å². The molecule has 2 aromatic carbocycles. The summed E-state index contributed by atoms with van der Waals surface area (Å²) in [4.78, 5) is 14.1. The van der Waals surface area contributed by atoms with E-state index in [-0.39, 0.29) is 12.6 Å². The van der Waals surface area contributed by atoms with Crippen molar-refractivity contribution in [1.82, 2.24) is 10.2 Å². The van der Waals surface area contributed by atoms with E-state index >= 15 is 0 Å².